The molecule has 0 bridgehead atoms. The molecule has 3 fully saturated rings. The van der Waals surface area contributed by atoms with Crippen LogP contribution in [-0.4, -0.2) is 48.3 Å². The van der Waals surface area contributed by atoms with Crippen molar-refractivity contribution in [1.82, 2.24) is 0 Å². The maximum absolute atomic E-state index is 10.4. The van der Waals surface area contributed by atoms with Crippen molar-refractivity contribution in [1.29, 1.82) is 0 Å². The molecule has 0 radical (unpaired) electrons. The summed E-state index contributed by atoms with van der Waals surface area (Å²) in [7, 11) is -3.18. The van der Waals surface area contributed by atoms with Gasteiger partial charge in [-0.1, -0.05) is 108 Å². The molecule has 5 aromatic rings. The molecular weight excluding hydrogens is 811 g/mol. The first-order valence-electron chi connectivity index (χ1n) is 17.9. The van der Waals surface area contributed by atoms with E-state index in [0.29, 0.717) is 11.1 Å². The Labute approximate surface area is 337 Å². The Kier molecular flexibility index (Phi) is 17.7. The van der Waals surface area contributed by atoms with E-state index in [1.165, 1.54) is 12.8 Å². The van der Waals surface area contributed by atoms with Crippen LogP contribution in [0.5, 0.6) is 17.2 Å². The molecule has 0 aliphatic heterocycles. The van der Waals surface area contributed by atoms with Gasteiger partial charge in [-0.15, -0.1) is 0 Å². The minimum atomic E-state index is -3.18. The Morgan fingerprint density at radius 2 is 0.981 bits per heavy atom. The molecule has 288 valence electrons. The van der Waals surface area contributed by atoms with E-state index in [1.807, 2.05) is 84.9 Å². The van der Waals surface area contributed by atoms with Gasteiger partial charge in [-0.05, 0) is 110 Å². The number of phenols is 2. The van der Waals surface area contributed by atoms with Crippen LogP contribution in [0.1, 0.15) is 57.8 Å². The normalized spacial score (nSPS) is 15.0. The van der Waals surface area contributed by atoms with E-state index >= 15 is 0 Å². The van der Waals surface area contributed by atoms with Crippen LogP contribution in [-0.2, 0) is 14.3 Å². The lowest BCUT2D eigenvalue weighted by Crippen LogP contribution is -2.24. The third-order valence-electron chi connectivity index (χ3n) is 8.76. The molecule has 3 aliphatic carbocycles. The summed E-state index contributed by atoms with van der Waals surface area (Å²) in [6.07, 6.45) is 11.3. The Morgan fingerprint density at radius 3 is 1.35 bits per heavy atom. The second-order valence-electron chi connectivity index (χ2n) is 13.0. The van der Waals surface area contributed by atoms with Gasteiger partial charge in [0, 0.05) is 32.3 Å². The van der Waals surface area contributed by atoms with Crippen LogP contribution in [0.4, 0.5) is 0 Å². The summed E-state index contributed by atoms with van der Waals surface area (Å²) >= 11 is 15.4. The zero-order chi connectivity index (χ0) is 38.9. The number of hydrogen-bond acceptors (Lipinski definition) is 7. The highest BCUT2D eigenvalue weighted by molar-refractivity contribution is 9.10. The Bertz CT molecular complexity index is 1930. The van der Waals surface area contributed by atoms with Gasteiger partial charge >= 0.3 is 0 Å². The number of phenolic OH excluding ortho intramolecular Hbond substituents is 2. The van der Waals surface area contributed by atoms with Crippen LogP contribution < -0.4 is 4.74 Å². The Morgan fingerprint density at radius 1 is 0.574 bits per heavy atom. The molecule has 3 N–H and O–H groups in total. The van der Waals surface area contributed by atoms with Crippen LogP contribution >= 0.6 is 39.1 Å². The van der Waals surface area contributed by atoms with Gasteiger partial charge in [0.05, 0.1) is 29.0 Å². The number of ether oxygens (including phenoxy) is 1. The maximum atomic E-state index is 10.4. The van der Waals surface area contributed by atoms with Gasteiger partial charge < -0.3 is 20.1 Å². The van der Waals surface area contributed by atoms with Crippen molar-refractivity contribution in [2.45, 2.75) is 76.1 Å². The molecular formula is C43H47BrCl2O7S. The minimum Gasteiger partial charge on any atom is -0.507 e. The highest BCUT2D eigenvalue weighted by atomic mass is 79.9. The van der Waals surface area contributed by atoms with Crippen LogP contribution in [0.15, 0.2) is 126 Å². The van der Waals surface area contributed by atoms with Crippen LogP contribution in [0.25, 0.3) is 22.3 Å². The first-order valence-corrected chi connectivity index (χ1v) is 21.3. The smallest absolute Gasteiger partial charge is 0.264 e. The number of aliphatic hydroxyl groups is 1. The predicted molar refractivity (Wildman–Crippen MR) is 223 cm³/mol. The topological polar surface area (TPSA) is 113 Å². The zero-order valence-electron chi connectivity index (χ0n) is 30.2. The number of rotatable bonds is 6. The van der Waals surface area contributed by atoms with E-state index in [4.69, 9.17) is 38.2 Å². The van der Waals surface area contributed by atoms with Crippen molar-refractivity contribution < 1.29 is 32.7 Å². The van der Waals surface area contributed by atoms with E-state index in [1.54, 1.807) is 30.3 Å². The molecule has 8 rings (SSSR count). The van der Waals surface area contributed by atoms with Crippen molar-refractivity contribution in [3.63, 3.8) is 0 Å². The standard InChI is InChI=1S/C16H15ClO.C12H9ClO.C6H5BrO.C5H10O3S.C4H8O/c17-15-10-3-1-8-13(15)14-9-2-4-11-16(14)18-12-6-5-7-12;13-11-7-3-1-5-9(11)10-6-2-4-8-12(10)14;7-5-3-1-2-4-6(5)8;1-9(6,7)8-5-3-2-4-5;5-4-2-1-3-4/h1-4,8-12H,5-7H2;1-8,14H;1-4,8H;5H,2-4H2,1H3;4-5H,1-3H2. The number of hydrogen-bond donors (Lipinski definition) is 3. The number of benzene rings is 5. The van der Waals surface area contributed by atoms with Gasteiger partial charge in [-0.25, -0.2) is 0 Å². The quantitative estimate of drug-likeness (QED) is 0.146. The summed E-state index contributed by atoms with van der Waals surface area (Å²) in [5, 5.41) is 28.4. The lowest BCUT2D eigenvalue weighted by Gasteiger charge is -2.27. The summed E-state index contributed by atoms with van der Waals surface area (Å²) in [5.41, 5.74) is 3.73. The molecule has 54 heavy (non-hydrogen) atoms. The van der Waals surface area contributed by atoms with E-state index in [0.717, 1.165) is 88.7 Å². The molecule has 0 atom stereocenters. The Balaban J connectivity index is 0.000000160. The Hall–Kier alpha value is -3.57. The van der Waals surface area contributed by atoms with Crippen molar-refractivity contribution in [3.05, 3.63) is 136 Å². The summed E-state index contributed by atoms with van der Waals surface area (Å²) in [6, 6.07) is 37.7. The van der Waals surface area contributed by atoms with Crippen LogP contribution in [0.2, 0.25) is 10.0 Å². The lowest BCUT2D eigenvalue weighted by molar-refractivity contribution is 0.0950. The molecule has 3 saturated carbocycles. The first kappa shape index (κ1) is 43.2. The molecule has 7 nitrogen and oxygen atoms in total. The summed E-state index contributed by atoms with van der Waals surface area (Å²) < 4.78 is 32.2. The van der Waals surface area contributed by atoms with Crippen LogP contribution in [0.3, 0.4) is 0 Å². The van der Waals surface area contributed by atoms with Gasteiger partial charge in [-0.2, -0.15) is 8.42 Å². The third-order valence-corrected chi connectivity index (χ3v) is 10.7. The average molecular weight is 859 g/mol. The largest absolute Gasteiger partial charge is 0.507 e. The highest BCUT2D eigenvalue weighted by Gasteiger charge is 2.22. The highest BCUT2D eigenvalue weighted by Crippen LogP contribution is 2.37. The molecule has 0 saturated heterocycles. The van der Waals surface area contributed by atoms with E-state index < -0.39 is 10.1 Å². The number of halogens is 3. The van der Waals surface area contributed by atoms with Crippen molar-refractivity contribution in [2.24, 2.45) is 0 Å². The molecule has 0 aromatic heterocycles. The fourth-order valence-corrected chi connectivity index (χ4v) is 6.52. The third kappa shape index (κ3) is 14.6. The van der Waals surface area contributed by atoms with Gasteiger partial charge in [0.25, 0.3) is 10.1 Å². The van der Waals surface area contributed by atoms with Crippen LogP contribution in [0, 0.1) is 0 Å². The molecule has 0 heterocycles. The molecule has 5 aromatic carbocycles. The van der Waals surface area contributed by atoms with Crippen molar-refractivity contribution >= 4 is 49.2 Å². The summed E-state index contributed by atoms with van der Waals surface area (Å²) in [5.74, 6) is 1.48. The van der Waals surface area contributed by atoms with Gasteiger partial charge in [0.15, 0.2) is 0 Å². The molecule has 0 spiro atoms. The van der Waals surface area contributed by atoms with E-state index in [2.05, 4.69) is 26.2 Å². The molecule has 3 aliphatic rings. The minimum absolute atomic E-state index is 0.0139. The second-order valence-corrected chi connectivity index (χ2v) is 16.3. The molecule has 0 unspecified atom stereocenters. The van der Waals surface area contributed by atoms with Gasteiger partial charge in [0.2, 0.25) is 0 Å². The monoisotopic (exact) mass is 856 g/mol. The SMILES string of the molecule is CS(=O)(=O)OC1CCC1.Clc1ccccc1-c1ccccc1OC1CCC1.OC1CCC1.Oc1ccccc1-c1ccccc1Cl.Oc1ccccc1Br. The van der Waals surface area contributed by atoms with Crippen molar-refractivity contribution in [3.8, 4) is 39.5 Å². The molecule has 0 amide bonds. The average Bonchev–Trinajstić information content (AvgIpc) is 3.10. The first-order chi connectivity index (χ1) is 25.9. The van der Waals surface area contributed by atoms with Crippen molar-refractivity contribution in [2.75, 3.05) is 6.26 Å². The zero-order valence-corrected chi connectivity index (χ0v) is 34.1. The fraction of sp³-hybridized carbons (Fsp3) is 0.302. The number of aliphatic hydroxyl groups excluding tert-OH is 1. The summed E-state index contributed by atoms with van der Waals surface area (Å²) in [6.45, 7) is 0. The number of para-hydroxylation sites is 3. The second kappa shape index (κ2) is 22.1. The summed E-state index contributed by atoms with van der Waals surface area (Å²) in [4.78, 5) is 0. The predicted octanol–water partition coefficient (Wildman–Crippen LogP) is 11.9. The lowest BCUT2D eigenvalue weighted by atomic mass is 9.96. The molecule has 11 heteroatoms. The van der Waals surface area contributed by atoms with E-state index in [-0.39, 0.29) is 23.7 Å². The van der Waals surface area contributed by atoms with E-state index in [9.17, 15) is 13.5 Å². The number of aromatic hydroxyl groups is 2. The maximum Gasteiger partial charge on any atom is 0.264 e. The fourth-order valence-electron chi connectivity index (χ4n) is 5.07. The van der Waals surface area contributed by atoms with Gasteiger partial charge in [0.1, 0.15) is 17.2 Å². The van der Waals surface area contributed by atoms with Gasteiger partial charge in [-0.3, -0.25) is 4.18 Å².